The first-order valence-electron chi connectivity index (χ1n) is 6.82. The Morgan fingerprint density at radius 3 is 2.58 bits per heavy atom. The summed E-state index contributed by atoms with van der Waals surface area (Å²) in [5.41, 5.74) is 1.29. The summed E-state index contributed by atoms with van der Waals surface area (Å²) in [5.74, 6) is 0.172. The number of benzene rings is 1. The molecule has 0 atom stereocenters. The third-order valence-corrected chi connectivity index (χ3v) is 4.41. The van der Waals surface area contributed by atoms with Gasteiger partial charge in [-0.05, 0) is 31.2 Å². The monoisotopic (exact) mass is 362 g/mol. The van der Waals surface area contributed by atoms with Crippen LogP contribution >= 0.6 is 22.9 Å². The molecule has 0 radical (unpaired) electrons. The fraction of sp³-hybridized carbons (Fsp3) is 0.0667. The van der Waals surface area contributed by atoms with Crippen LogP contribution in [0.15, 0.2) is 42.5 Å². The predicted octanol–water partition coefficient (Wildman–Crippen LogP) is 4.06. The zero-order valence-corrected chi connectivity index (χ0v) is 14.0. The Morgan fingerprint density at radius 1 is 1.29 bits per heavy atom. The van der Waals surface area contributed by atoms with E-state index in [-0.39, 0.29) is 11.6 Å². The number of carbonyl (C=O) groups excluding carboxylic acids is 1. The van der Waals surface area contributed by atoms with E-state index in [4.69, 9.17) is 11.6 Å². The molecule has 0 unspecified atom stereocenters. The highest BCUT2D eigenvalue weighted by Gasteiger charge is 2.15. The number of thiophene rings is 1. The van der Waals surface area contributed by atoms with Gasteiger partial charge < -0.3 is 5.32 Å². The van der Waals surface area contributed by atoms with E-state index in [1.165, 1.54) is 28.2 Å². The molecule has 3 aromatic rings. The molecule has 0 aliphatic heterocycles. The average molecular weight is 363 g/mol. The van der Waals surface area contributed by atoms with E-state index < -0.39 is 4.92 Å². The van der Waals surface area contributed by atoms with Gasteiger partial charge in [-0.1, -0.05) is 11.6 Å². The van der Waals surface area contributed by atoms with Crippen LogP contribution in [0.25, 0.3) is 5.69 Å². The summed E-state index contributed by atoms with van der Waals surface area (Å²) in [4.78, 5) is 23.0. The molecule has 1 N–H and O–H groups in total. The molecular formula is C15H11ClN4O3S. The van der Waals surface area contributed by atoms with E-state index in [1.54, 1.807) is 37.3 Å². The third-order valence-electron chi connectivity index (χ3n) is 3.18. The number of hydrogen-bond acceptors (Lipinski definition) is 5. The maximum Gasteiger partial charge on any atom is 0.269 e. The van der Waals surface area contributed by atoms with Crippen LogP contribution in [0.5, 0.6) is 0 Å². The van der Waals surface area contributed by atoms with Crippen molar-refractivity contribution in [1.29, 1.82) is 0 Å². The summed E-state index contributed by atoms with van der Waals surface area (Å²) in [6.45, 7) is 1.79. The second-order valence-electron chi connectivity index (χ2n) is 4.91. The molecule has 1 aromatic carbocycles. The number of amides is 1. The number of non-ortho nitro benzene ring substituents is 1. The van der Waals surface area contributed by atoms with E-state index in [9.17, 15) is 14.9 Å². The summed E-state index contributed by atoms with van der Waals surface area (Å²) < 4.78 is 2.05. The van der Waals surface area contributed by atoms with Gasteiger partial charge in [-0.3, -0.25) is 14.9 Å². The van der Waals surface area contributed by atoms with Gasteiger partial charge in [0.15, 0.2) is 0 Å². The van der Waals surface area contributed by atoms with E-state index in [0.717, 1.165) is 0 Å². The van der Waals surface area contributed by atoms with Gasteiger partial charge in [-0.2, -0.15) is 5.10 Å². The number of aryl methyl sites for hydroxylation is 1. The molecule has 9 heteroatoms. The minimum Gasteiger partial charge on any atom is -0.306 e. The normalized spacial score (nSPS) is 10.6. The van der Waals surface area contributed by atoms with Crippen molar-refractivity contribution in [1.82, 2.24) is 9.78 Å². The van der Waals surface area contributed by atoms with Crippen molar-refractivity contribution in [2.45, 2.75) is 6.92 Å². The van der Waals surface area contributed by atoms with Crippen LogP contribution in [-0.4, -0.2) is 20.6 Å². The fourth-order valence-electron chi connectivity index (χ4n) is 2.12. The maximum absolute atomic E-state index is 12.3. The largest absolute Gasteiger partial charge is 0.306 e. The van der Waals surface area contributed by atoms with Gasteiger partial charge in [0.1, 0.15) is 5.82 Å². The van der Waals surface area contributed by atoms with Crippen molar-refractivity contribution in [2.24, 2.45) is 0 Å². The predicted molar refractivity (Wildman–Crippen MR) is 92.2 cm³/mol. The first-order valence-corrected chi connectivity index (χ1v) is 8.01. The molecule has 0 fully saturated rings. The lowest BCUT2D eigenvalue weighted by Gasteiger charge is -2.08. The van der Waals surface area contributed by atoms with Crippen molar-refractivity contribution in [3.05, 3.63) is 67.5 Å². The summed E-state index contributed by atoms with van der Waals surface area (Å²) >= 11 is 7.02. The van der Waals surface area contributed by atoms with Crippen molar-refractivity contribution in [2.75, 3.05) is 5.32 Å². The molecule has 3 rings (SSSR count). The van der Waals surface area contributed by atoms with Gasteiger partial charge >= 0.3 is 0 Å². The minimum absolute atomic E-state index is 0.0126. The second-order valence-corrected chi connectivity index (χ2v) is 6.63. The lowest BCUT2D eigenvalue weighted by molar-refractivity contribution is -0.384. The lowest BCUT2D eigenvalue weighted by Crippen LogP contribution is -2.13. The number of nitro benzene ring substituents is 1. The smallest absolute Gasteiger partial charge is 0.269 e. The van der Waals surface area contributed by atoms with E-state index in [1.807, 2.05) is 0 Å². The molecule has 1 amide bonds. The number of nitrogens with zero attached hydrogens (tertiary/aromatic N) is 3. The molecule has 0 saturated heterocycles. The molecule has 0 bridgehead atoms. The highest BCUT2D eigenvalue weighted by Crippen LogP contribution is 2.24. The molecule has 0 aliphatic carbocycles. The van der Waals surface area contributed by atoms with Crippen LogP contribution in [0.4, 0.5) is 11.5 Å². The maximum atomic E-state index is 12.3. The summed E-state index contributed by atoms with van der Waals surface area (Å²) in [6.07, 6.45) is 0. The van der Waals surface area contributed by atoms with Gasteiger partial charge in [-0.15, -0.1) is 11.3 Å². The number of aromatic nitrogens is 2. The molecule has 24 heavy (non-hydrogen) atoms. The Morgan fingerprint density at radius 2 is 2.00 bits per heavy atom. The SMILES string of the molecule is Cc1cc(NC(=O)c2ccc(Cl)s2)n(-c2ccc([N+](=O)[O-])cc2)n1. The number of rotatable bonds is 4. The summed E-state index contributed by atoms with van der Waals surface area (Å²) in [7, 11) is 0. The number of carbonyl (C=O) groups is 1. The Hall–Kier alpha value is -2.71. The van der Waals surface area contributed by atoms with Crippen molar-refractivity contribution >= 4 is 40.4 Å². The van der Waals surface area contributed by atoms with Crippen LogP contribution in [-0.2, 0) is 0 Å². The zero-order chi connectivity index (χ0) is 17.3. The van der Waals surface area contributed by atoms with Crippen LogP contribution in [0, 0.1) is 17.0 Å². The summed E-state index contributed by atoms with van der Waals surface area (Å²) in [5, 5.41) is 17.8. The van der Waals surface area contributed by atoms with E-state index >= 15 is 0 Å². The Kier molecular flexibility index (Phi) is 4.32. The molecule has 2 heterocycles. The van der Waals surface area contributed by atoms with Gasteiger partial charge in [0.25, 0.3) is 11.6 Å². The van der Waals surface area contributed by atoms with Crippen molar-refractivity contribution in [3.63, 3.8) is 0 Å². The number of anilines is 1. The standard InChI is InChI=1S/C15H11ClN4O3S/c1-9-8-14(17-15(21)12-6-7-13(16)24-12)19(18-9)10-2-4-11(5-3-10)20(22)23/h2-8H,1H3,(H,17,21). The Labute approximate surface area is 145 Å². The van der Waals surface area contributed by atoms with Gasteiger partial charge in [0.05, 0.1) is 25.5 Å². The molecular weight excluding hydrogens is 352 g/mol. The topological polar surface area (TPSA) is 90.1 Å². The van der Waals surface area contributed by atoms with Crippen molar-refractivity contribution in [3.8, 4) is 5.69 Å². The third kappa shape index (κ3) is 3.29. The molecule has 7 nitrogen and oxygen atoms in total. The first-order chi connectivity index (χ1) is 11.4. The van der Waals surface area contributed by atoms with Gasteiger partial charge in [-0.25, -0.2) is 4.68 Å². The second kappa shape index (κ2) is 6.42. The Bertz CT molecular complexity index is 917. The van der Waals surface area contributed by atoms with E-state index in [2.05, 4.69) is 10.4 Å². The quantitative estimate of drug-likeness (QED) is 0.559. The Balaban J connectivity index is 1.90. The number of halogens is 1. The molecule has 0 saturated carbocycles. The van der Waals surface area contributed by atoms with Crippen LogP contribution in [0.3, 0.4) is 0 Å². The highest BCUT2D eigenvalue weighted by atomic mass is 35.5. The average Bonchev–Trinajstić information content (AvgIpc) is 3.13. The van der Waals surface area contributed by atoms with Crippen LogP contribution < -0.4 is 5.32 Å². The lowest BCUT2D eigenvalue weighted by atomic mass is 10.3. The highest BCUT2D eigenvalue weighted by molar-refractivity contribution is 7.18. The zero-order valence-electron chi connectivity index (χ0n) is 12.4. The number of nitrogens with one attached hydrogen (secondary N) is 1. The van der Waals surface area contributed by atoms with Crippen molar-refractivity contribution < 1.29 is 9.72 Å². The number of hydrogen-bond donors (Lipinski definition) is 1. The van der Waals surface area contributed by atoms with Gasteiger partial charge in [0, 0.05) is 18.2 Å². The van der Waals surface area contributed by atoms with Gasteiger partial charge in [0.2, 0.25) is 0 Å². The summed E-state index contributed by atoms with van der Waals surface area (Å²) in [6, 6.07) is 10.9. The molecule has 2 aromatic heterocycles. The molecule has 122 valence electrons. The first kappa shape index (κ1) is 16.2. The molecule has 0 aliphatic rings. The van der Waals surface area contributed by atoms with Crippen LogP contribution in [0.1, 0.15) is 15.4 Å². The minimum atomic E-state index is -0.471. The van der Waals surface area contributed by atoms with E-state index in [0.29, 0.717) is 26.4 Å². The fourth-order valence-corrected chi connectivity index (χ4v) is 3.05. The van der Waals surface area contributed by atoms with Crippen LogP contribution in [0.2, 0.25) is 4.34 Å². The molecule has 0 spiro atoms. The number of nitro groups is 1.